The Labute approximate surface area is 335 Å². The first kappa shape index (κ1) is 38.5. The summed E-state index contributed by atoms with van der Waals surface area (Å²) in [7, 11) is 0.673. The number of nitrogens with one attached hydrogen (secondary N) is 2. The fraction of sp³-hybridized carbons (Fsp3) is 0.439. The maximum absolute atomic E-state index is 16.8. The highest BCUT2D eigenvalue weighted by molar-refractivity contribution is 7.12. The van der Waals surface area contributed by atoms with Crippen LogP contribution in [0.15, 0.2) is 42.6 Å². The van der Waals surface area contributed by atoms with Crippen LogP contribution in [0.2, 0.25) is 5.02 Å². The van der Waals surface area contributed by atoms with Crippen LogP contribution in [0.25, 0.3) is 33.4 Å². The molecule has 0 saturated carbocycles. The van der Waals surface area contributed by atoms with Gasteiger partial charge in [0.05, 0.1) is 62.9 Å². The Hall–Kier alpha value is -4.37. The van der Waals surface area contributed by atoms with Crippen LogP contribution in [0.1, 0.15) is 87.8 Å². The predicted molar refractivity (Wildman–Crippen MR) is 216 cm³/mol. The van der Waals surface area contributed by atoms with E-state index in [-0.39, 0.29) is 23.4 Å². The van der Waals surface area contributed by atoms with E-state index in [9.17, 15) is 9.59 Å². The number of nitrogens with zero attached hydrogens (tertiary/aromatic N) is 3. The molecule has 3 atom stereocenters. The number of H-pyrrole nitrogens is 1. The number of fused-ring (bicyclic) bond motifs is 5. The molecule has 2 saturated heterocycles. The fourth-order valence-corrected chi connectivity index (χ4v) is 9.28. The number of alkyl carbamates (subject to hydrolysis) is 1. The zero-order valence-electron chi connectivity index (χ0n) is 33.0. The van der Waals surface area contributed by atoms with Crippen molar-refractivity contribution in [1.29, 1.82) is 0 Å². The Kier molecular flexibility index (Phi) is 9.58. The zero-order valence-corrected chi connectivity index (χ0v) is 34.6. The van der Waals surface area contributed by atoms with Gasteiger partial charge in [-0.2, -0.15) is 0 Å². The number of thiophene rings is 1. The number of rotatable bonds is 7. The number of benzene rings is 2. The Morgan fingerprint density at radius 1 is 1.12 bits per heavy atom. The van der Waals surface area contributed by atoms with E-state index >= 15 is 4.39 Å². The molecule has 56 heavy (non-hydrogen) atoms. The van der Waals surface area contributed by atoms with E-state index in [0.29, 0.717) is 46.5 Å². The highest BCUT2D eigenvalue weighted by Gasteiger charge is 2.52. The van der Waals surface area contributed by atoms with Gasteiger partial charge in [-0.3, -0.25) is 9.36 Å². The number of carbonyl (C=O) groups excluding carboxylic acids is 2. The molecule has 6 heterocycles. The lowest BCUT2D eigenvalue weighted by Gasteiger charge is -2.32. The van der Waals surface area contributed by atoms with Crippen molar-refractivity contribution in [3.05, 3.63) is 74.6 Å². The standard InChI is InChI=1S/C41H46BClFN5O6S/c1-20(2)34(47-39(51)52-9)37(50)48-14-10-11-29(48)36-45-19-27(46-36)23-16-26(44)32-30(17-23)53-38(31-15-21(3)22(4)56-31)49-28-13-12-24(18-25(28)33(43)35(32)49)42-54-40(5,6)41(7,8)55-42/h12-13,15-20,29,34,38H,10-11,14H2,1-9H3,(H,45,46)(H,47,51)/t29-,34+,38?/m0/s1. The fourth-order valence-electron chi connectivity index (χ4n) is 7.88. The lowest BCUT2D eigenvalue weighted by atomic mass is 9.78. The van der Waals surface area contributed by atoms with Crippen molar-refractivity contribution < 1.29 is 32.8 Å². The van der Waals surface area contributed by atoms with E-state index in [0.717, 1.165) is 38.1 Å². The van der Waals surface area contributed by atoms with Gasteiger partial charge in [-0.05, 0) is 95.6 Å². The minimum atomic E-state index is -0.758. The van der Waals surface area contributed by atoms with Crippen molar-refractivity contribution in [2.75, 3.05) is 13.7 Å². The van der Waals surface area contributed by atoms with Crippen LogP contribution in [0.5, 0.6) is 5.75 Å². The number of methoxy groups -OCH3 is 1. The number of carbonyl (C=O) groups is 2. The molecule has 1 unspecified atom stereocenters. The van der Waals surface area contributed by atoms with Crippen LogP contribution in [0.3, 0.4) is 0 Å². The van der Waals surface area contributed by atoms with Gasteiger partial charge in [-0.1, -0.05) is 37.6 Å². The van der Waals surface area contributed by atoms with Gasteiger partial charge in [0.25, 0.3) is 0 Å². The average molecular weight is 802 g/mol. The molecular formula is C41H46BClFN5O6S. The number of hydrogen-bond acceptors (Lipinski definition) is 8. The first-order valence-corrected chi connectivity index (χ1v) is 20.2. The van der Waals surface area contributed by atoms with E-state index < -0.39 is 42.5 Å². The van der Waals surface area contributed by atoms with E-state index in [1.807, 2.05) is 70.4 Å². The molecule has 2 fully saturated rings. The van der Waals surface area contributed by atoms with Crippen LogP contribution in [0.4, 0.5) is 9.18 Å². The summed E-state index contributed by atoms with van der Waals surface area (Å²) >= 11 is 8.94. The van der Waals surface area contributed by atoms with Gasteiger partial charge < -0.3 is 34.0 Å². The summed E-state index contributed by atoms with van der Waals surface area (Å²) in [6, 6.07) is 10.2. The number of halogens is 2. The molecule has 15 heteroatoms. The largest absolute Gasteiger partial charge is 0.494 e. The summed E-state index contributed by atoms with van der Waals surface area (Å²) in [6.07, 6.45) is 1.82. The molecule has 0 aliphatic carbocycles. The van der Waals surface area contributed by atoms with Gasteiger partial charge in [0.2, 0.25) is 12.1 Å². The normalized spacial score (nSPS) is 20.3. The molecule has 3 aliphatic rings. The van der Waals surface area contributed by atoms with Crippen molar-refractivity contribution in [3.8, 4) is 28.3 Å². The minimum absolute atomic E-state index is 0.163. The number of hydrogen-bond donors (Lipinski definition) is 2. The van der Waals surface area contributed by atoms with Crippen molar-refractivity contribution in [1.82, 2.24) is 24.8 Å². The number of imidazole rings is 1. The molecule has 3 aliphatic heterocycles. The Morgan fingerprint density at radius 2 is 1.86 bits per heavy atom. The third-order valence-corrected chi connectivity index (χ3v) is 13.4. The molecule has 294 valence electrons. The Balaban J connectivity index is 1.18. The maximum atomic E-state index is 16.8. The van der Waals surface area contributed by atoms with Crippen LogP contribution in [-0.2, 0) is 18.8 Å². The number of ether oxygens (including phenoxy) is 2. The van der Waals surface area contributed by atoms with E-state index in [1.54, 1.807) is 22.4 Å². The maximum Gasteiger partial charge on any atom is 0.494 e. The summed E-state index contributed by atoms with van der Waals surface area (Å²) < 4.78 is 43.0. The second-order valence-electron chi connectivity index (χ2n) is 16.3. The lowest BCUT2D eigenvalue weighted by Crippen LogP contribution is -2.51. The molecule has 8 rings (SSSR count). The molecule has 2 amide bonds. The molecular weight excluding hydrogens is 756 g/mol. The molecule has 3 aromatic heterocycles. The molecule has 0 radical (unpaired) electrons. The first-order chi connectivity index (χ1) is 26.5. The molecule has 11 nitrogen and oxygen atoms in total. The van der Waals surface area contributed by atoms with Crippen LogP contribution >= 0.6 is 22.9 Å². The second-order valence-corrected chi connectivity index (χ2v) is 18.0. The molecule has 0 spiro atoms. The van der Waals surface area contributed by atoms with Crippen LogP contribution in [-0.4, -0.2) is 69.5 Å². The number of aromatic amines is 1. The highest BCUT2D eigenvalue weighted by Crippen LogP contribution is 2.51. The van der Waals surface area contributed by atoms with Gasteiger partial charge in [0, 0.05) is 22.4 Å². The monoisotopic (exact) mass is 801 g/mol. The Morgan fingerprint density at radius 3 is 2.52 bits per heavy atom. The van der Waals surface area contributed by atoms with Crippen molar-refractivity contribution in [2.45, 2.75) is 97.7 Å². The van der Waals surface area contributed by atoms with E-state index in [4.69, 9.17) is 30.4 Å². The molecule has 0 bridgehead atoms. The third kappa shape index (κ3) is 6.29. The van der Waals surface area contributed by atoms with Crippen molar-refractivity contribution in [3.63, 3.8) is 0 Å². The highest BCUT2D eigenvalue weighted by atomic mass is 35.5. The average Bonchev–Trinajstić information content (AvgIpc) is 3.98. The summed E-state index contributed by atoms with van der Waals surface area (Å²) in [5, 5.41) is 3.82. The summed E-state index contributed by atoms with van der Waals surface area (Å²) in [5.41, 5.74) is 3.59. The zero-order chi connectivity index (χ0) is 40.0. The number of aryl methyl sites for hydroxylation is 2. The molecule has 2 N–H and O–H groups in total. The summed E-state index contributed by atoms with van der Waals surface area (Å²) in [4.78, 5) is 37.7. The second kappa shape index (κ2) is 13.9. The predicted octanol–water partition coefficient (Wildman–Crippen LogP) is 8.45. The van der Waals surface area contributed by atoms with Crippen LogP contribution < -0.4 is 15.5 Å². The van der Waals surface area contributed by atoms with E-state index in [2.05, 4.69) is 35.2 Å². The number of amides is 2. The summed E-state index contributed by atoms with van der Waals surface area (Å²) in [6.45, 7) is 16.5. The first-order valence-electron chi connectivity index (χ1n) is 19.0. The van der Waals surface area contributed by atoms with Gasteiger partial charge in [0.1, 0.15) is 23.4 Å². The third-order valence-electron chi connectivity index (χ3n) is 11.8. The Bertz CT molecular complexity index is 2350. The smallest absolute Gasteiger partial charge is 0.464 e. The minimum Gasteiger partial charge on any atom is -0.464 e. The van der Waals surface area contributed by atoms with Gasteiger partial charge in [-0.15, -0.1) is 11.3 Å². The molecule has 2 aromatic carbocycles. The van der Waals surface area contributed by atoms with Crippen molar-refractivity contribution in [2.24, 2.45) is 5.92 Å². The van der Waals surface area contributed by atoms with Gasteiger partial charge in [0.15, 0.2) is 0 Å². The quantitative estimate of drug-likeness (QED) is 0.159. The SMILES string of the molecule is COC(=O)N[C@@H](C(=O)N1CCC[C@H]1c1ncc(-c2cc(F)c3c(c2)OC(c2cc(C)c(C)s2)n2c-3c(Cl)c3cc(B4OC(C)(C)C(C)(C)O4)ccc32)[nH]1)C(C)C. The van der Waals surface area contributed by atoms with Gasteiger partial charge >= 0.3 is 13.2 Å². The number of likely N-dealkylation sites (tertiary alicyclic amines) is 1. The van der Waals surface area contributed by atoms with Crippen LogP contribution in [0, 0.1) is 25.6 Å². The molecule has 5 aromatic rings. The van der Waals surface area contributed by atoms with Gasteiger partial charge in [-0.25, -0.2) is 14.2 Å². The topological polar surface area (TPSA) is 120 Å². The van der Waals surface area contributed by atoms with E-state index in [1.165, 1.54) is 13.2 Å². The van der Waals surface area contributed by atoms with Crippen molar-refractivity contribution >= 4 is 58.4 Å². The summed E-state index contributed by atoms with van der Waals surface area (Å²) in [5.74, 6) is 0.0470. The lowest BCUT2D eigenvalue weighted by molar-refractivity contribution is -0.135. The number of aromatic nitrogens is 3.